The molecule has 2 saturated heterocycles. The number of guanidine groups is 1. The first-order valence-electron chi connectivity index (χ1n) is 6.35. The van der Waals surface area contributed by atoms with Crippen LogP contribution in [0.5, 0.6) is 0 Å². The van der Waals surface area contributed by atoms with Crippen molar-refractivity contribution in [1.29, 1.82) is 0 Å². The van der Waals surface area contributed by atoms with Crippen LogP contribution in [-0.4, -0.2) is 56.3 Å². The van der Waals surface area contributed by atoms with Gasteiger partial charge in [0.2, 0.25) is 5.96 Å². The fourth-order valence-electron chi connectivity index (χ4n) is 2.81. The van der Waals surface area contributed by atoms with Crippen molar-refractivity contribution in [2.24, 2.45) is 10.8 Å². The summed E-state index contributed by atoms with van der Waals surface area (Å²) in [5, 5.41) is 3.41. The molecule has 6 heteroatoms. The lowest BCUT2D eigenvalue weighted by atomic mass is 10.1. The zero-order valence-corrected chi connectivity index (χ0v) is 10.5. The molecule has 0 aromatic heterocycles. The van der Waals surface area contributed by atoms with E-state index in [0.717, 1.165) is 0 Å². The smallest absolute Gasteiger partial charge is 0.206 e. The van der Waals surface area contributed by atoms with Crippen LogP contribution in [0.2, 0.25) is 0 Å². The van der Waals surface area contributed by atoms with Gasteiger partial charge in [-0.1, -0.05) is 0 Å². The molecule has 0 aromatic rings. The zero-order chi connectivity index (χ0) is 12.1. The Hall–Kier alpha value is -0.850. The lowest BCUT2D eigenvalue weighted by molar-refractivity contribution is 0.207. The molecule has 0 bridgehead atoms. The minimum atomic E-state index is 0.481. The van der Waals surface area contributed by atoms with Crippen LogP contribution in [0.25, 0.3) is 0 Å². The number of methoxy groups -OCH3 is 1. The zero-order valence-electron chi connectivity index (χ0n) is 10.5. The summed E-state index contributed by atoms with van der Waals surface area (Å²) in [5.74, 6) is 6.15. The van der Waals surface area contributed by atoms with E-state index >= 15 is 0 Å². The summed E-state index contributed by atoms with van der Waals surface area (Å²) in [7, 11) is 1.67. The average molecular weight is 241 g/mol. The molecule has 0 radical (unpaired) electrons. The average Bonchev–Trinajstić information content (AvgIpc) is 2.92. The molecular weight excluding hydrogens is 218 g/mol. The third-order valence-electron chi connectivity index (χ3n) is 3.63. The van der Waals surface area contributed by atoms with E-state index in [9.17, 15) is 0 Å². The highest BCUT2D eigenvalue weighted by Gasteiger charge is 2.37. The van der Waals surface area contributed by atoms with Gasteiger partial charge in [-0.2, -0.15) is 0 Å². The molecule has 98 valence electrons. The Labute approximate surface area is 103 Å². The lowest BCUT2D eigenvalue weighted by Crippen LogP contribution is -2.50. The van der Waals surface area contributed by atoms with Crippen LogP contribution >= 0.6 is 0 Å². The van der Waals surface area contributed by atoms with Crippen LogP contribution < -0.4 is 16.6 Å². The van der Waals surface area contributed by atoms with E-state index in [1.54, 1.807) is 7.11 Å². The van der Waals surface area contributed by atoms with Crippen LogP contribution in [0.4, 0.5) is 0 Å². The van der Waals surface area contributed by atoms with E-state index in [1.165, 1.54) is 32.4 Å². The molecule has 0 spiro atoms. The molecule has 0 aromatic carbocycles. The molecule has 0 aliphatic carbocycles. The van der Waals surface area contributed by atoms with Gasteiger partial charge in [0.15, 0.2) is 0 Å². The van der Waals surface area contributed by atoms with Crippen molar-refractivity contribution in [3.05, 3.63) is 0 Å². The fourth-order valence-corrected chi connectivity index (χ4v) is 2.81. The molecule has 2 rings (SSSR count). The number of hydrogen-bond acceptors (Lipinski definition) is 4. The van der Waals surface area contributed by atoms with E-state index < -0.39 is 0 Å². The van der Waals surface area contributed by atoms with Gasteiger partial charge in [-0.3, -0.25) is 10.3 Å². The molecular formula is C11H23N5O. The maximum Gasteiger partial charge on any atom is 0.206 e. The van der Waals surface area contributed by atoms with Crippen molar-refractivity contribution in [2.75, 3.05) is 33.4 Å². The Kier molecular flexibility index (Phi) is 4.58. The van der Waals surface area contributed by atoms with E-state index in [4.69, 9.17) is 10.6 Å². The molecule has 2 aliphatic heterocycles. The van der Waals surface area contributed by atoms with Crippen molar-refractivity contribution in [3.63, 3.8) is 0 Å². The number of nitrogens with two attached hydrogens (primary N) is 1. The maximum atomic E-state index is 5.47. The van der Waals surface area contributed by atoms with E-state index in [0.29, 0.717) is 31.2 Å². The third kappa shape index (κ3) is 3.08. The molecule has 0 amide bonds. The van der Waals surface area contributed by atoms with Gasteiger partial charge in [0, 0.05) is 25.7 Å². The SMILES string of the molecule is COCCN=C(NN)NC1CCN2CCCC12. The molecule has 17 heavy (non-hydrogen) atoms. The van der Waals surface area contributed by atoms with Gasteiger partial charge in [-0.05, 0) is 25.8 Å². The monoisotopic (exact) mass is 241 g/mol. The summed E-state index contributed by atoms with van der Waals surface area (Å²) < 4.78 is 4.96. The standard InChI is InChI=1S/C11H23N5O/c1-17-8-5-13-11(15-12)14-9-4-7-16-6-2-3-10(9)16/h9-10H,2-8,12H2,1H3,(H2,13,14,15). The first kappa shape index (κ1) is 12.6. The molecule has 4 N–H and O–H groups in total. The van der Waals surface area contributed by atoms with E-state index in [-0.39, 0.29) is 0 Å². The van der Waals surface area contributed by atoms with E-state index in [2.05, 4.69) is 20.6 Å². The molecule has 2 fully saturated rings. The molecule has 2 unspecified atom stereocenters. The summed E-state index contributed by atoms with van der Waals surface area (Å²) >= 11 is 0. The fraction of sp³-hybridized carbons (Fsp3) is 0.909. The van der Waals surface area contributed by atoms with Crippen LogP contribution in [0.3, 0.4) is 0 Å². The topological polar surface area (TPSA) is 74.9 Å². The molecule has 2 atom stereocenters. The highest BCUT2D eigenvalue weighted by Crippen LogP contribution is 2.27. The Morgan fingerprint density at radius 2 is 2.35 bits per heavy atom. The molecule has 2 heterocycles. The number of ether oxygens (including phenoxy) is 1. The van der Waals surface area contributed by atoms with Crippen molar-refractivity contribution in [3.8, 4) is 0 Å². The Bertz CT molecular complexity index is 271. The third-order valence-corrected chi connectivity index (χ3v) is 3.63. The van der Waals surface area contributed by atoms with Crippen molar-refractivity contribution in [2.45, 2.75) is 31.3 Å². The summed E-state index contributed by atoms with van der Waals surface area (Å²) in [6.45, 7) is 3.69. The second kappa shape index (κ2) is 6.18. The minimum Gasteiger partial charge on any atom is -0.383 e. The van der Waals surface area contributed by atoms with Gasteiger partial charge < -0.3 is 10.1 Å². The number of hydrogen-bond donors (Lipinski definition) is 3. The highest BCUT2D eigenvalue weighted by atomic mass is 16.5. The number of nitrogens with one attached hydrogen (secondary N) is 2. The van der Waals surface area contributed by atoms with Crippen molar-refractivity contribution in [1.82, 2.24) is 15.6 Å². The molecule has 6 nitrogen and oxygen atoms in total. The number of rotatable bonds is 4. The Morgan fingerprint density at radius 1 is 1.47 bits per heavy atom. The predicted octanol–water partition coefficient (Wildman–Crippen LogP) is -0.722. The lowest BCUT2D eigenvalue weighted by Gasteiger charge is -2.22. The highest BCUT2D eigenvalue weighted by molar-refractivity contribution is 5.79. The quantitative estimate of drug-likeness (QED) is 0.199. The van der Waals surface area contributed by atoms with E-state index in [1.807, 2.05) is 0 Å². The van der Waals surface area contributed by atoms with Crippen molar-refractivity contribution >= 4 is 5.96 Å². The first-order chi connectivity index (χ1) is 8.35. The van der Waals surface area contributed by atoms with Gasteiger partial charge >= 0.3 is 0 Å². The van der Waals surface area contributed by atoms with Gasteiger partial charge in [-0.15, -0.1) is 0 Å². The van der Waals surface area contributed by atoms with Crippen molar-refractivity contribution < 1.29 is 4.74 Å². The predicted molar refractivity (Wildman–Crippen MR) is 67.6 cm³/mol. The van der Waals surface area contributed by atoms with Gasteiger partial charge in [0.25, 0.3) is 0 Å². The van der Waals surface area contributed by atoms with Crippen LogP contribution in [0, 0.1) is 0 Å². The van der Waals surface area contributed by atoms with Gasteiger partial charge in [0.1, 0.15) is 0 Å². The van der Waals surface area contributed by atoms with Gasteiger partial charge in [-0.25, -0.2) is 10.8 Å². The van der Waals surface area contributed by atoms with Crippen LogP contribution in [0.15, 0.2) is 4.99 Å². The summed E-state index contributed by atoms with van der Waals surface area (Å²) in [6, 6.07) is 1.14. The van der Waals surface area contributed by atoms with Crippen LogP contribution in [-0.2, 0) is 4.74 Å². The Morgan fingerprint density at radius 3 is 3.12 bits per heavy atom. The van der Waals surface area contributed by atoms with Crippen LogP contribution in [0.1, 0.15) is 19.3 Å². The molecule has 0 saturated carbocycles. The number of fused-ring (bicyclic) bond motifs is 1. The second-order valence-electron chi connectivity index (χ2n) is 4.65. The summed E-state index contributed by atoms with van der Waals surface area (Å²) in [5.41, 5.74) is 2.63. The largest absolute Gasteiger partial charge is 0.383 e. The minimum absolute atomic E-state index is 0.481. The van der Waals surface area contributed by atoms with Gasteiger partial charge in [0.05, 0.1) is 13.2 Å². The Balaban J connectivity index is 1.83. The second-order valence-corrected chi connectivity index (χ2v) is 4.65. The molecule has 2 aliphatic rings. The number of aliphatic imine (C=N–C) groups is 1. The first-order valence-corrected chi connectivity index (χ1v) is 6.35. The summed E-state index contributed by atoms with van der Waals surface area (Å²) in [4.78, 5) is 6.89. The number of nitrogens with zero attached hydrogens (tertiary/aromatic N) is 2. The maximum absolute atomic E-state index is 5.47. The summed E-state index contributed by atoms with van der Waals surface area (Å²) in [6.07, 6.45) is 3.78. The number of hydrazine groups is 1. The normalized spacial score (nSPS) is 29.4.